The van der Waals surface area contributed by atoms with Crippen molar-refractivity contribution in [3.05, 3.63) is 24.3 Å². The summed E-state index contributed by atoms with van der Waals surface area (Å²) < 4.78 is 58.5. The largest absolute Gasteiger partial charge is 0.465 e. The molecule has 1 aromatic rings. The van der Waals surface area contributed by atoms with Crippen LogP contribution in [0.4, 0.5) is 0 Å². The fraction of sp³-hybridized carbons (Fsp3) is 0.611. The molecule has 1 aliphatic rings. The summed E-state index contributed by atoms with van der Waals surface area (Å²) in [5, 5.41) is 0. The number of rotatable bonds is 9. The second kappa shape index (κ2) is 9.82. The predicted octanol–water partition coefficient (Wildman–Crippen LogP) is 1.82. The topological polar surface area (TPSA) is 101 Å². The highest BCUT2D eigenvalue weighted by molar-refractivity contribution is 7.89. The average Bonchev–Trinajstić information content (AvgIpc) is 2.68. The second-order valence-corrected chi connectivity index (χ2v) is 10.5. The molecule has 0 aliphatic carbocycles. The summed E-state index contributed by atoms with van der Waals surface area (Å²) in [5.74, 6) is -0.621. The van der Waals surface area contributed by atoms with E-state index in [1.807, 2.05) is 6.92 Å². The maximum Gasteiger partial charge on any atom is 0.321 e. The summed E-state index contributed by atoms with van der Waals surface area (Å²) >= 11 is 0. The molecule has 28 heavy (non-hydrogen) atoms. The fourth-order valence-corrected chi connectivity index (χ4v) is 6.06. The molecule has 1 heterocycles. The van der Waals surface area contributed by atoms with Crippen LogP contribution in [0.5, 0.6) is 0 Å². The summed E-state index contributed by atoms with van der Waals surface area (Å²) in [7, 11) is -7.57. The van der Waals surface area contributed by atoms with Crippen LogP contribution in [-0.4, -0.2) is 64.2 Å². The van der Waals surface area contributed by atoms with Crippen molar-refractivity contribution in [2.75, 3.05) is 32.8 Å². The molecule has 0 amide bonds. The zero-order valence-corrected chi connectivity index (χ0v) is 18.0. The molecule has 1 saturated heterocycles. The first kappa shape index (κ1) is 22.8. The van der Waals surface area contributed by atoms with Gasteiger partial charge in [-0.3, -0.25) is 4.79 Å². The SMILES string of the molecule is CCCN(CC(=O)OCC)S(=O)(=O)c1ccc(S(=O)(=O)N2CCCCC2)cc1. The molecule has 8 nitrogen and oxygen atoms in total. The van der Waals surface area contributed by atoms with Crippen molar-refractivity contribution in [1.82, 2.24) is 8.61 Å². The number of carbonyl (C=O) groups is 1. The van der Waals surface area contributed by atoms with Gasteiger partial charge in [-0.05, 0) is 50.5 Å². The molecule has 1 aliphatic heterocycles. The van der Waals surface area contributed by atoms with Gasteiger partial charge in [0.25, 0.3) is 0 Å². The maximum atomic E-state index is 12.9. The van der Waals surface area contributed by atoms with E-state index in [2.05, 4.69) is 0 Å². The van der Waals surface area contributed by atoms with Gasteiger partial charge >= 0.3 is 5.97 Å². The minimum absolute atomic E-state index is 0.0529. The van der Waals surface area contributed by atoms with Gasteiger partial charge in [-0.15, -0.1) is 0 Å². The molecule has 10 heteroatoms. The van der Waals surface area contributed by atoms with Crippen LogP contribution < -0.4 is 0 Å². The number of carbonyl (C=O) groups excluding carboxylic acids is 1. The van der Waals surface area contributed by atoms with Crippen LogP contribution in [0.3, 0.4) is 0 Å². The molecular formula is C18H28N2O6S2. The molecule has 0 spiro atoms. The van der Waals surface area contributed by atoms with E-state index in [9.17, 15) is 21.6 Å². The standard InChI is InChI=1S/C18H28N2O6S2/c1-3-12-20(15-18(21)26-4-2)28(24,25)17-10-8-16(9-11-17)27(22,23)19-13-6-5-7-14-19/h8-11H,3-7,12-15H2,1-2H3. The number of sulfonamides is 2. The number of piperidine rings is 1. The second-order valence-electron chi connectivity index (χ2n) is 6.58. The van der Waals surface area contributed by atoms with Gasteiger partial charge in [0, 0.05) is 19.6 Å². The van der Waals surface area contributed by atoms with Gasteiger partial charge in [0.1, 0.15) is 6.54 Å². The van der Waals surface area contributed by atoms with Crippen LogP contribution in [0.2, 0.25) is 0 Å². The van der Waals surface area contributed by atoms with Crippen LogP contribution in [0, 0.1) is 0 Å². The molecule has 0 saturated carbocycles. The lowest BCUT2D eigenvalue weighted by atomic mass is 10.2. The zero-order chi connectivity index (χ0) is 20.8. The third-order valence-corrected chi connectivity index (χ3v) is 8.27. The molecule has 0 aromatic heterocycles. The number of esters is 1. The molecular weight excluding hydrogens is 404 g/mol. The third kappa shape index (κ3) is 5.31. The van der Waals surface area contributed by atoms with Gasteiger partial charge in [-0.1, -0.05) is 13.3 Å². The summed E-state index contributed by atoms with van der Waals surface area (Å²) in [4.78, 5) is 11.8. The van der Waals surface area contributed by atoms with Gasteiger partial charge < -0.3 is 4.74 Å². The Morgan fingerprint density at radius 2 is 1.57 bits per heavy atom. The summed E-state index contributed by atoms with van der Waals surface area (Å²) in [5.41, 5.74) is 0. The van der Waals surface area contributed by atoms with E-state index in [4.69, 9.17) is 4.74 Å². The van der Waals surface area contributed by atoms with Gasteiger partial charge in [0.15, 0.2) is 0 Å². The molecule has 0 bridgehead atoms. The maximum absolute atomic E-state index is 12.9. The highest BCUT2D eigenvalue weighted by Crippen LogP contribution is 2.23. The van der Waals surface area contributed by atoms with Crippen molar-refractivity contribution < 1.29 is 26.4 Å². The Hall–Kier alpha value is -1.49. The van der Waals surface area contributed by atoms with E-state index in [-0.39, 0.29) is 29.5 Å². The number of hydrogen-bond donors (Lipinski definition) is 0. The quantitative estimate of drug-likeness (QED) is 0.552. The highest BCUT2D eigenvalue weighted by atomic mass is 32.2. The summed E-state index contributed by atoms with van der Waals surface area (Å²) in [6, 6.07) is 5.18. The molecule has 2 rings (SSSR count). The van der Waals surface area contributed by atoms with E-state index in [0.717, 1.165) is 23.6 Å². The first-order valence-electron chi connectivity index (χ1n) is 9.49. The van der Waals surface area contributed by atoms with Crippen LogP contribution in [0.1, 0.15) is 39.5 Å². The number of hydrogen-bond acceptors (Lipinski definition) is 6. The van der Waals surface area contributed by atoms with Gasteiger partial charge in [0.05, 0.1) is 16.4 Å². The average molecular weight is 433 g/mol. The Morgan fingerprint density at radius 1 is 1.00 bits per heavy atom. The summed E-state index contributed by atoms with van der Waals surface area (Å²) in [6.07, 6.45) is 3.19. The van der Waals surface area contributed by atoms with Crippen molar-refractivity contribution in [3.8, 4) is 0 Å². The Bertz CT molecular complexity index is 860. The third-order valence-electron chi connectivity index (χ3n) is 4.50. The van der Waals surface area contributed by atoms with Crippen molar-refractivity contribution in [1.29, 1.82) is 0 Å². The minimum Gasteiger partial charge on any atom is -0.465 e. The van der Waals surface area contributed by atoms with Gasteiger partial charge in [0.2, 0.25) is 20.0 Å². The van der Waals surface area contributed by atoms with Gasteiger partial charge in [-0.25, -0.2) is 16.8 Å². The van der Waals surface area contributed by atoms with E-state index in [1.54, 1.807) is 6.92 Å². The van der Waals surface area contributed by atoms with E-state index < -0.39 is 26.0 Å². The van der Waals surface area contributed by atoms with Crippen molar-refractivity contribution in [2.24, 2.45) is 0 Å². The summed E-state index contributed by atoms with van der Waals surface area (Å²) in [6.45, 7) is 4.37. The molecule has 158 valence electrons. The van der Waals surface area contributed by atoms with E-state index >= 15 is 0 Å². The van der Waals surface area contributed by atoms with Crippen LogP contribution in [-0.2, 0) is 29.6 Å². The van der Waals surface area contributed by atoms with Crippen molar-refractivity contribution in [2.45, 2.75) is 49.3 Å². The minimum atomic E-state index is -3.94. The van der Waals surface area contributed by atoms with Crippen LogP contribution in [0.25, 0.3) is 0 Å². The number of ether oxygens (including phenoxy) is 1. The predicted molar refractivity (Wildman–Crippen MR) is 105 cm³/mol. The van der Waals surface area contributed by atoms with Crippen LogP contribution in [0.15, 0.2) is 34.1 Å². The molecule has 0 atom stereocenters. The Balaban J connectivity index is 2.25. The monoisotopic (exact) mass is 432 g/mol. The van der Waals surface area contributed by atoms with Crippen LogP contribution >= 0.6 is 0 Å². The zero-order valence-electron chi connectivity index (χ0n) is 16.3. The Kier molecular flexibility index (Phi) is 7.99. The normalized spacial score (nSPS) is 16.2. The Morgan fingerprint density at radius 3 is 2.11 bits per heavy atom. The molecule has 1 aromatic carbocycles. The van der Waals surface area contributed by atoms with E-state index in [0.29, 0.717) is 19.5 Å². The fourth-order valence-electron chi connectivity index (χ4n) is 3.07. The first-order chi connectivity index (χ1) is 13.2. The van der Waals surface area contributed by atoms with Gasteiger partial charge in [-0.2, -0.15) is 8.61 Å². The lowest BCUT2D eigenvalue weighted by Gasteiger charge is -2.26. The Labute approximate surface area is 167 Å². The number of benzene rings is 1. The number of nitrogens with zero attached hydrogens (tertiary/aromatic N) is 2. The highest BCUT2D eigenvalue weighted by Gasteiger charge is 2.29. The molecule has 0 N–H and O–H groups in total. The molecule has 0 unspecified atom stereocenters. The lowest BCUT2D eigenvalue weighted by Crippen LogP contribution is -2.37. The molecule has 0 radical (unpaired) electrons. The van der Waals surface area contributed by atoms with E-state index in [1.165, 1.54) is 28.6 Å². The first-order valence-corrected chi connectivity index (χ1v) is 12.4. The smallest absolute Gasteiger partial charge is 0.321 e. The lowest BCUT2D eigenvalue weighted by molar-refractivity contribution is -0.143. The van der Waals surface area contributed by atoms with Crippen molar-refractivity contribution >= 4 is 26.0 Å². The van der Waals surface area contributed by atoms with Crippen molar-refractivity contribution in [3.63, 3.8) is 0 Å². The molecule has 1 fully saturated rings.